The lowest BCUT2D eigenvalue weighted by Gasteiger charge is -2.22. The molecule has 0 aromatic heterocycles. The Morgan fingerprint density at radius 3 is 2.58 bits per heavy atom. The highest BCUT2D eigenvalue weighted by molar-refractivity contribution is 5.79. The van der Waals surface area contributed by atoms with Crippen molar-refractivity contribution in [3.8, 4) is 0 Å². The molecule has 1 aromatic rings. The number of carbonyl (C=O) groups excluding carboxylic acids is 1. The molecule has 19 heavy (non-hydrogen) atoms. The Bertz CT molecular complexity index is 447. The molecule has 0 bridgehead atoms. The molecule has 1 N–H and O–H groups in total. The Labute approximate surface area is 116 Å². The van der Waals surface area contributed by atoms with E-state index in [1.165, 1.54) is 29.5 Å². The zero-order valence-electron chi connectivity index (χ0n) is 12.3. The van der Waals surface area contributed by atoms with E-state index in [-0.39, 0.29) is 17.9 Å². The van der Waals surface area contributed by atoms with E-state index in [9.17, 15) is 4.79 Å². The van der Waals surface area contributed by atoms with Crippen LogP contribution in [0.2, 0.25) is 0 Å². The van der Waals surface area contributed by atoms with Crippen LogP contribution >= 0.6 is 0 Å². The molecule has 0 saturated heterocycles. The third kappa shape index (κ3) is 3.37. The maximum Gasteiger partial charge on any atom is 0.223 e. The van der Waals surface area contributed by atoms with Crippen molar-refractivity contribution in [3.63, 3.8) is 0 Å². The molecule has 1 saturated carbocycles. The van der Waals surface area contributed by atoms with Crippen LogP contribution in [-0.2, 0) is 4.79 Å². The van der Waals surface area contributed by atoms with Gasteiger partial charge in [0, 0.05) is 5.92 Å². The van der Waals surface area contributed by atoms with Gasteiger partial charge in [-0.05, 0) is 44.2 Å². The fourth-order valence-corrected chi connectivity index (χ4v) is 3.09. The average molecular weight is 259 g/mol. The molecule has 1 atom stereocenters. The molecule has 1 aromatic carbocycles. The second kappa shape index (κ2) is 6.23. The molecule has 2 rings (SSSR count). The van der Waals surface area contributed by atoms with E-state index in [1.54, 1.807) is 0 Å². The van der Waals surface area contributed by atoms with Gasteiger partial charge in [0.1, 0.15) is 0 Å². The zero-order valence-corrected chi connectivity index (χ0v) is 12.3. The number of aryl methyl sites for hydroxylation is 2. The van der Waals surface area contributed by atoms with Crippen LogP contribution in [0.3, 0.4) is 0 Å². The van der Waals surface area contributed by atoms with Gasteiger partial charge in [-0.25, -0.2) is 0 Å². The summed E-state index contributed by atoms with van der Waals surface area (Å²) < 4.78 is 0. The van der Waals surface area contributed by atoms with Gasteiger partial charge in [0.15, 0.2) is 0 Å². The van der Waals surface area contributed by atoms with Gasteiger partial charge >= 0.3 is 0 Å². The van der Waals surface area contributed by atoms with Crippen LogP contribution in [0.4, 0.5) is 0 Å². The highest BCUT2D eigenvalue weighted by atomic mass is 16.1. The lowest BCUT2D eigenvalue weighted by Crippen LogP contribution is -2.33. The number of rotatable bonds is 4. The molecule has 1 fully saturated rings. The molecule has 1 aliphatic rings. The molecule has 1 aliphatic carbocycles. The summed E-state index contributed by atoms with van der Waals surface area (Å²) >= 11 is 0. The number of benzene rings is 1. The summed E-state index contributed by atoms with van der Waals surface area (Å²) in [5, 5.41) is 3.25. The van der Waals surface area contributed by atoms with E-state index < -0.39 is 0 Å². The molecule has 1 amide bonds. The zero-order chi connectivity index (χ0) is 13.8. The molecule has 2 nitrogen and oxygen atoms in total. The van der Waals surface area contributed by atoms with Crippen molar-refractivity contribution in [3.05, 3.63) is 34.9 Å². The lowest BCUT2D eigenvalue weighted by molar-refractivity contribution is -0.125. The highest BCUT2D eigenvalue weighted by Crippen LogP contribution is 2.27. The summed E-state index contributed by atoms with van der Waals surface area (Å²) in [5.74, 6) is 0.504. The second-order valence-electron chi connectivity index (χ2n) is 5.81. The molecular weight excluding hydrogens is 234 g/mol. The van der Waals surface area contributed by atoms with Crippen molar-refractivity contribution in [1.82, 2.24) is 5.32 Å². The van der Waals surface area contributed by atoms with Gasteiger partial charge in [-0.1, -0.05) is 43.5 Å². The largest absolute Gasteiger partial charge is 0.349 e. The normalized spacial score (nSPS) is 17.4. The van der Waals surface area contributed by atoms with E-state index in [2.05, 4.69) is 44.3 Å². The van der Waals surface area contributed by atoms with Gasteiger partial charge in [-0.2, -0.15) is 0 Å². The number of hydrogen-bond acceptors (Lipinski definition) is 1. The number of hydrogen-bond donors (Lipinski definition) is 1. The van der Waals surface area contributed by atoms with E-state index in [1.807, 2.05) is 0 Å². The van der Waals surface area contributed by atoms with Crippen LogP contribution in [-0.4, -0.2) is 5.91 Å². The van der Waals surface area contributed by atoms with Gasteiger partial charge in [0.25, 0.3) is 0 Å². The fraction of sp³-hybridized carbons (Fsp3) is 0.588. The predicted molar refractivity (Wildman–Crippen MR) is 79.0 cm³/mol. The van der Waals surface area contributed by atoms with Crippen LogP contribution in [0.25, 0.3) is 0 Å². The first kappa shape index (κ1) is 14.1. The van der Waals surface area contributed by atoms with Crippen LogP contribution in [0.1, 0.15) is 61.8 Å². The van der Waals surface area contributed by atoms with Crippen molar-refractivity contribution in [2.75, 3.05) is 0 Å². The first-order valence-electron chi connectivity index (χ1n) is 7.49. The molecule has 0 spiro atoms. The SMILES string of the molecule is CC[C@@H](NC(=O)C1CCCC1)c1ccc(C)cc1C. The van der Waals surface area contributed by atoms with Crippen molar-refractivity contribution < 1.29 is 4.79 Å². The van der Waals surface area contributed by atoms with Gasteiger partial charge in [-0.3, -0.25) is 4.79 Å². The van der Waals surface area contributed by atoms with E-state index in [0.717, 1.165) is 19.3 Å². The monoisotopic (exact) mass is 259 g/mol. The van der Waals surface area contributed by atoms with Gasteiger partial charge in [0.2, 0.25) is 5.91 Å². The predicted octanol–water partition coefficient (Wildman–Crippen LogP) is 4.06. The summed E-state index contributed by atoms with van der Waals surface area (Å²) in [4.78, 5) is 12.3. The van der Waals surface area contributed by atoms with Crippen LogP contribution < -0.4 is 5.32 Å². The van der Waals surface area contributed by atoms with E-state index in [4.69, 9.17) is 0 Å². The summed E-state index contributed by atoms with van der Waals surface area (Å²) in [7, 11) is 0. The number of amides is 1. The molecule has 0 aliphatic heterocycles. The molecular formula is C17H25NO. The third-order valence-corrected chi connectivity index (χ3v) is 4.25. The first-order chi connectivity index (χ1) is 9.11. The summed E-state index contributed by atoms with van der Waals surface area (Å²) in [5.41, 5.74) is 3.82. The minimum atomic E-state index is 0.161. The third-order valence-electron chi connectivity index (χ3n) is 4.25. The first-order valence-corrected chi connectivity index (χ1v) is 7.49. The van der Waals surface area contributed by atoms with Crippen molar-refractivity contribution in [2.45, 2.75) is 58.9 Å². The molecule has 0 heterocycles. The minimum Gasteiger partial charge on any atom is -0.349 e. The van der Waals surface area contributed by atoms with Gasteiger partial charge in [-0.15, -0.1) is 0 Å². The highest BCUT2D eigenvalue weighted by Gasteiger charge is 2.25. The summed E-state index contributed by atoms with van der Waals surface area (Å²) in [6, 6.07) is 6.65. The van der Waals surface area contributed by atoms with Crippen molar-refractivity contribution in [1.29, 1.82) is 0 Å². The topological polar surface area (TPSA) is 29.1 Å². The standard InChI is InChI=1S/C17H25NO/c1-4-16(15-10-9-12(2)11-13(15)3)18-17(19)14-7-5-6-8-14/h9-11,14,16H,4-8H2,1-3H3,(H,18,19)/t16-/m1/s1. The van der Waals surface area contributed by atoms with Crippen LogP contribution in [0.5, 0.6) is 0 Å². The van der Waals surface area contributed by atoms with Gasteiger partial charge in [0.05, 0.1) is 6.04 Å². The minimum absolute atomic E-state index is 0.161. The van der Waals surface area contributed by atoms with Gasteiger partial charge < -0.3 is 5.32 Å². The smallest absolute Gasteiger partial charge is 0.223 e. The lowest BCUT2D eigenvalue weighted by atomic mass is 9.96. The number of carbonyl (C=O) groups is 1. The Morgan fingerprint density at radius 1 is 1.32 bits per heavy atom. The molecule has 2 heteroatoms. The summed E-state index contributed by atoms with van der Waals surface area (Å²) in [6.07, 6.45) is 5.49. The second-order valence-corrected chi connectivity index (χ2v) is 5.81. The Balaban J connectivity index is 2.08. The molecule has 0 unspecified atom stereocenters. The van der Waals surface area contributed by atoms with Crippen LogP contribution in [0.15, 0.2) is 18.2 Å². The summed E-state index contributed by atoms with van der Waals surface area (Å²) in [6.45, 7) is 6.38. The average Bonchev–Trinajstić information content (AvgIpc) is 2.90. The van der Waals surface area contributed by atoms with E-state index >= 15 is 0 Å². The van der Waals surface area contributed by atoms with E-state index in [0.29, 0.717) is 0 Å². The maximum absolute atomic E-state index is 12.3. The number of nitrogens with one attached hydrogen (secondary N) is 1. The Morgan fingerprint density at radius 2 is 2.00 bits per heavy atom. The van der Waals surface area contributed by atoms with Crippen LogP contribution in [0, 0.1) is 19.8 Å². The van der Waals surface area contributed by atoms with Crippen molar-refractivity contribution >= 4 is 5.91 Å². The van der Waals surface area contributed by atoms with Crippen molar-refractivity contribution in [2.24, 2.45) is 5.92 Å². The quantitative estimate of drug-likeness (QED) is 0.868. The maximum atomic E-state index is 12.3. The molecule has 104 valence electrons. The Hall–Kier alpha value is -1.31. The molecule has 0 radical (unpaired) electrons. The fourth-order valence-electron chi connectivity index (χ4n) is 3.09. The Kier molecular flexibility index (Phi) is 4.62.